The van der Waals surface area contributed by atoms with Crippen LogP contribution in [0.3, 0.4) is 0 Å². The van der Waals surface area contributed by atoms with E-state index in [0.29, 0.717) is 23.9 Å². The molecule has 502 valence electrons. The number of rotatable bonds is 67. The molecule has 9 heteroatoms. The summed E-state index contributed by atoms with van der Waals surface area (Å²) in [5, 5.41) is 9.74. The summed E-state index contributed by atoms with van der Waals surface area (Å²) in [5.41, 5.74) is 0. The summed E-state index contributed by atoms with van der Waals surface area (Å²) in [5.74, 6) is -2.02. The Bertz CT molecular complexity index is 1750. The molecule has 0 saturated heterocycles. The van der Waals surface area contributed by atoms with Crippen LogP contribution in [0.25, 0.3) is 0 Å². The minimum absolute atomic E-state index is 0.181. The van der Waals surface area contributed by atoms with Gasteiger partial charge in [0.25, 0.3) is 6.29 Å². The summed E-state index contributed by atoms with van der Waals surface area (Å²) in [6, 6.07) is 0. The van der Waals surface area contributed by atoms with Crippen LogP contribution in [0.1, 0.15) is 322 Å². The van der Waals surface area contributed by atoms with Crippen LogP contribution in [-0.4, -0.2) is 87.4 Å². The highest BCUT2D eigenvalue weighted by atomic mass is 16.7. The van der Waals surface area contributed by atoms with Crippen LogP contribution >= 0.6 is 0 Å². The lowest BCUT2D eigenvalue weighted by Gasteiger charge is -2.25. The number of allylic oxidation sites excluding steroid dienone is 16. The Morgan fingerprint density at radius 2 is 0.655 bits per heavy atom. The number of nitrogens with zero attached hydrogens (tertiary/aromatic N) is 1. The van der Waals surface area contributed by atoms with E-state index in [1.54, 1.807) is 0 Å². The van der Waals surface area contributed by atoms with E-state index in [1.165, 1.54) is 193 Å². The number of carboxylic acids is 1. The topological polar surface area (TPSA) is 108 Å². The molecule has 0 heterocycles. The minimum Gasteiger partial charge on any atom is -0.477 e. The van der Waals surface area contributed by atoms with Crippen molar-refractivity contribution in [3.05, 3.63) is 97.2 Å². The van der Waals surface area contributed by atoms with Crippen molar-refractivity contribution in [2.45, 2.75) is 334 Å². The van der Waals surface area contributed by atoms with Gasteiger partial charge in [0.2, 0.25) is 0 Å². The second kappa shape index (κ2) is 68.1. The highest BCUT2D eigenvalue weighted by Gasteiger charge is 2.25. The highest BCUT2D eigenvalue weighted by Crippen LogP contribution is 2.18. The molecule has 0 radical (unpaired) electrons. The number of aliphatic carboxylic acids is 1. The molecule has 0 aliphatic carbocycles. The van der Waals surface area contributed by atoms with E-state index in [1.807, 2.05) is 21.1 Å². The summed E-state index contributed by atoms with van der Waals surface area (Å²) in [6.45, 7) is 4.75. The molecule has 2 atom stereocenters. The number of hydrogen-bond acceptors (Lipinski definition) is 7. The molecule has 0 fully saturated rings. The molecule has 0 spiro atoms. The maximum absolute atomic E-state index is 12.9. The van der Waals surface area contributed by atoms with Gasteiger partial charge in [-0.1, -0.05) is 310 Å². The maximum Gasteiger partial charge on any atom is 0.361 e. The fourth-order valence-corrected chi connectivity index (χ4v) is 10.3. The van der Waals surface area contributed by atoms with E-state index < -0.39 is 24.3 Å². The van der Waals surface area contributed by atoms with E-state index in [-0.39, 0.29) is 32.2 Å². The van der Waals surface area contributed by atoms with Gasteiger partial charge in [-0.2, -0.15) is 0 Å². The number of hydrogen-bond donors (Lipinski definition) is 1. The average molecular weight is 1220 g/mol. The van der Waals surface area contributed by atoms with Crippen molar-refractivity contribution in [3.63, 3.8) is 0 Å². The summed E-state index contributed by atoms with van der Waals surface area (Å²) in [4.78, 5) is 37.6. The second-order valence-corrected chi connectivity index (χ2v) is 25.5. The number of carbonyl (C=O) groups is 3. The fourth-order valence-electron chi connectivity index (χ4n) is 10.3. The molecule has 1 N–H and O–H groups in total. The largest absolute Gasteiger partial charge is 0.477 e. The quantitative estimate of drug-likeness (QED) is 0.0211. The highest BCUT2D eigenvalue weighted by molar-refractivity contribution is 5.71. The first-order valence-electron chi connectivity index (χ1n) is 36.4. The number of carbonyl (C=O) groups excluding carboxylic acids is 2. The molecular weight excluding hydrogens is 1080 g/mol. The Morgan fingerprint density at radius 1 is 0.356 bits per heavy atom. The number of ether oxygens (including phenoxy) is 4. The zero-order valence-electron chi connectivity index (χ0n) is 57.4. The average Bonchev–Trinajstić information content (AvgIpc) is 3.57. The first kappa shape index (κ1) is 83.2. The van der Waals surface area contributed by atoms with Gasteiger partial charge < -0.3 is 28.5 Å². The van der Waals surface area contributed by atoms with Crippen LogP contribution in [0.4, 0.5) is 0 Å². The number of quaternary nitrogens is 1. The summed E-state index contributed by atoms with van der Waals surface area (Å²) >= 11 is 0. The third kappa shape index (κ3) is 69.5. The van der Waals surface area contributed by atoms with E-state index in [2.05, 4.69) is 111 Å². The van der Waals surface area contributed by atoms with Crippen molar-refractivity contribution in [3.8, 4) is 0 Å². The number of unbranched alkanes of at least 4 members (excludes halogenated alkanes) is 36. The van der Waals surface area contributed by atoms with Crippen molar-refractivity contribution in [1.29, 1.82) is 0 Å². The van der Waals surface area contributed by atoms with Gasteiger partial charge in [-0.15, -0.1) is 0 Å². The first-order chi connectivity index (χ1) is 42.6. The van der Waals surface area contributed by atoms with E-state index >= 15 is 0 Å². The van der Waals surface area contributed by atoms with Gasteiger partial charge in [0.05, 0.1) is 34.4 Å². The molecule has 0 saturated carbocycles. The Kier molecular flexibility index (Phi) is 65.2. The van der Waals surface area contributed by atoms with Crippen molar-refractivity contribution in [2.24, 2.45) is 0 Å². The van der Waals surface area contributed by atoms with Gasteiger partial charge >= 0.3 is 17.9 Å². The van der Waals surface area contributed by atoms with E-state index in [4.69, 9.17) is 18.9 Å². The maximum atomic E-state index is 12.9. The van der Waals surface area contributed by atoms with Gasteiger partial charge in [0.1, 0.15) is 13.2 Å². The van der Waals surface area contributed by atoms with Gasteiger partial charge in [-0.05, 0) is 96.3 Å². The molecule has 0 aliphatic rings. The van der Waals surface area contributed by atoms with Gasteiger partial charge in [0, 0.05) is 12.8 Å². The zero-order valence-corrected chi connectivity index (χ0v) is 57.4. The molecule has 0 aliphatic heterocycles. The molecule has 0 amide bonds. The number of carboxylic acid groups (broad SMARTS) is 1. The predicted octanol–water partition coefficient (Wildman–Crippen LogP) is 22.8. The lowest BCUT2D eigenvalue weighted by Crippen LogP contribution is -2.40. The smallest absolute Gasteiger partial charge is 0.361 e. The molecule has 0 rings (SSSR count). The summed E-state index contributed by atoms with van der Waals surface area (Å²) in [7, 11) is 5.97. The fraction of sp³-hybridized carbons (Fsp3) is 0.756. The van der Waals surface area contributed by atoms with Crippen molar-refractivity contribution < 1.29 is 42.9 Å². The Hall–Kier alpha value is -3.79. The van der Waals surface area contributed by atoms with Gasteiger partial charge in [-0.25, -0.2) is 4.79 Å². The van der Waals surface area contributed by atoms with Crippen molar-refractivity contribution >= 4 is 17.9 Å². The Balaban J connectivity index is 3.98. The summed E-state index contributed by atoms with van der Waals surface area (Å²) < 4.78 is 22.9. The predicted molar refractivity (Wildman–Crippen MR) is 373 cm³/mol. The normalized spacial score (nSPS) is 13.3. The standard InChI is InChI=1S/C78H137NO8/c1-6-8-10-12-14-16-18-20-22-24-26-28-29-30-31-32-33-34-35-36-37-38-39-40-41-42-43-44-45-46-47-49-50-52-54-56-58-60-62-64-66-68-75(80)85-72-74(73-86-78(77(82)83)84-71-70-79(3,4)5)87-76(81)69-67-65-63-61-59-57-55-53-51-48-27-25-23-21-19-17-15-13-11-9-7-2/h9,11,15,17-18,20-21,23-24,26-27,29-30,48,53,55,74,78H,6-8,10,12-14,16,19,22,25,28,31-47,49-52,54,56-73H2,1-5H3/p+1/b11-9-,17-15-,20-18-,23-21-,26-24-,30-29-,48-27-,55-53-. The molecule has 0 bridgehead atoms. The van der Waals surface area contributed by atoms with Crippen LogP contribution in [0.5, 0.6) is 0 Å². The molecule has 0 aromatic rings. The Labute approximate surface area is 537 Å². The van der Waals surface area contributed by atoms with Crippen LogP contribution in [0.2, 0.25) is 0 Å². The lowest BCUT2D eigenvalue weighted by atomic mass is 10.0. The summed E-state index contributed by atoms with van der Waals surface area (Å²) in [6.07, 6.45) is 91.2. The van der Waals surface area contributed by atoms with Crippen molar-refractivity contribution in [2.75, 3.05) is 47.5 Å². The molecule has 2 unspecified atom stereocenters. The SMILES string of the molecule is CC/C=C\C/C=C\C/C=C\C/C=C\C/C=C\CCCCCCCC(=O)OC(COC(=O)CCCCCCCCCCCCCCCCCCCCCCCCCCCC/C=C\C/C=C\C/C=C\CCCCCCC)COC(OCC[N+](C)(C)C)C(=O)O. The minimum atomic E-state index is -1.52. The number of likely N-dealkylation sites (N-methyl/N-ethyl adjacent to an activating group) is 1. The van der Waals surface area contributed by atoms with Crippen LogP contribution in [0, 0.1) is 0 Å². The monoisotopic (exact) mass is 1220 g/mol. The van der Waals surface area contributed by atoms with Gasteiger partial charge in [-0.3, -0.25) is 9.59 Å². The molecule has 9 nitrogen and oxygen atoms in total. The molecule has 87 heavy (non-hydrogen) atoms. The third-order valence-corrected chi connectivity index (χ3v) is 15.8. The lowest BCUT2D eigenvalue weighted by molar-refractivity contribution is -0.870. The van der Waals surface area contributed by atoms with E-state index in [0.717, 1.165) is 96.3 Å². The third-order valence-electron chi connectivity index (χ3n) is 15.8. The van der Waals surface area contributed by atoms with E-state index in [9.17, 15) is 19.5 Å². The molecule has 0 aromatic carbocycles. The molecular formula is C78H138NO8+. The zero-order chi connectivity index (χ0) is 63.3. The number of esters is 2. The first-order valence-corrected chi connectivity index (χ1v) is 36.4. The van der Waals surface area contributed by atoms with Crippen LogP contribution in [-0.2, 0) is 33.3 Å². The second-order valence-electron chi connectivity index (χ2n) is 25.5. The molecule has 0 aromatic heterocycles. The van der Waals surface area contributed by atoms with Crippen LogP contribution < -0.4 is 0 Å². The van der Waals surface area contributed by atoms with Crippen molar-refractivity contribution in [1.82, 2.24) is 0 Å². The van der Waals surface area contributed by atoms with Gasteiger partial charge in [0.15, 0.2) is 6.10 Å². The Morgan fingerprint density at radius 3 is 0.977 bits per heavy atom. The van der Waals surface area contributed by atoms with Crippen LogP contribution in [0.15, 0.2) is 97.2 Å².